The predicted molar refractivity (Wildman–Crippen MR) is 59.6 cm³/mol. The molecular formula is C12H19ClO. The van der Waals surface area contributed by atoms with Gasteiger partial charge in [-0.05, 0) is 24.2 Å². The summed E-state index contributed by atoms with van der Waals surface area (Å²) in [6.45, 7) is 4.61. The molecule has 0 radical (unpaired) electrons. The van der Waals surface area contributed by atoms with Crippen LogP contribution in [-0.2, 0) is 4.74 Å². The SMILES string of the molecule is CO[C@H]1[C@@H]2CC[C@@H](C=C[C@H]2Cl)C1(C)C. The van der Waals surface area contributed by atoms with Crippen molar-refractivity contribution in [2.24, 2.45) is 17.3 Å². The van der Waals surface area contributed by atoms with E-state index < -0.39 is 0 Å². The Hall–Kier alpha value is -0.0100. The minimum atomic E-state index is 0.159. The normalized spacial score (nSPS) is 45.1. The molecule has 2 heteroatoms. The highest BCUT2D eigenvalue weighted by atomic mass is 35.5. The fourth-order valence-corrected chi connectivity index (χ4v) is 3.53. The van der Waals surface area contributed by atoms with E-state index in [9.17, 15) is 0 Å². The van der Waals surface area contributed by atoms with Crippen molar-refractivity contribution < 1.29 is 4.74 Å². The first-order valence-electron chi connectivity index (χ1n) is 5.42. The second kappa shape index (κ2) is 3.53. The van der Waals surface area contributed by atoms with Crippen molar-refractivity contribution in [2.75, 3.05) is 7.11 Å². The number of hydrogen-bond acceptors (Lipinski definition) is 1. The van der Waals surface area contributed by atoms with Gasteiger partial charge in [0.2, 0.25) is 0 Å². The Morgan fingerprint density at radius 1 is 1.29 bits per heavy atom. The molecule has 0 N–H and O–H groups in total. The highest BCUT2D eigenvalue weighted by Gasteiger charge is 2.48. The maximum atomic E-state index is 6.35. The summed E-state index contributed by atoms with van der Waals surface area (Å²) in [7, 11) is 1.82. The summed E-state index contributed by atoms with van der Waals surface area (Å²) in [6, 6.07) is 0. The van der Waals surface area contributed by atoms with Crippen molar-refractivity contribution in [3.8, 4) is 0 Å². The second-order valence-corrected chi connectivity index (χ2v) is 5.66. The van der Waals surface area contributed by atoms with Crippen molar-refractivity contribution in [3.63, 3.8) is 0 Å². The Balaban J connectivity index is 2.35. The molecule has 3 aliphatic rings. The van der Waals surface area contributed by atoms with Crippen LogP contribution in [0, 0.1) is 17.3 Å². The lowest BCUT2D eigenvalue weighted by molar-refractivity contribution is -0.0763. The molecule has 1 nitrogen and oxygen atoms in total. The highest BCUT2D eigenvalue weighted by molar-refractivity contribution is 6.22. The third-order valence-corrected chi connectivity index (χ3v) is 4.55. The molecule has 3 aliphatic carbocycles. The number of fused-ring (bicyclic) bond motifs is 3. The monoisotopic (exact) mass is 214 g/mol. The maximum Gasteiger partial charge on any atom is 0.0673 e. The van der Waals surface area contributed by atoms with E-state index in [2.05, 4.69) is 26.0 Å². The van der Waals surface area contributed by atoms with E-state index in [1.807, 2.05) is 7.11 Å². The molecule has 3 rings (SSSR count). The summed E-state index contributed by atoms with van der Waals surface area (Å²) in [6.07, 6.45) is 7.24. The van der Waals surface area contributed by atoms with Crippen molar-refractivity contribution in [3.05, 3.63) is 12.2 Å². The Morgan fingerprint density at radius 3 is 2.64 bits per heavy atom. The zero-order chi connectivity index (χ0) is 10.3. The summed E-state index contributed by atoms with van der Waals surface area (Å²) in [4.78, 5) is 0. The van der Waals surface area contributed by atoms with Gasteiger partial charge in [-0.15, -0.1) is 11.6 Å². The summed E-state index contributed by atoms with van der Waals surface area (Å²) in [5, 5.41) is 0.159. The number of rotatable bonds is 1. The Morgan fingerprint density at radius 2 is 2.00 bits per heavy atom. The van der Waals surface area contributed by atoms with Crippen LogP contribution in [0.5, 0.6) is 0 Å². The van der Waals surface area contributed by atoms with Gasteiger partial charge in [-0.25, -0.2) is 0 Å². The lowest BCUT2D eigenvalue weighted by Crippen LogP contribution is -2.47. The third-order valence-electron chi connectivity index (χ3n) is 4.08. The summed E-state index contributed by atoms with van der Waals surface area (Å²) >= 11 is 6.35. The predicted octanol–water partition coefficient (Wildman–Crippen LogP) is 3.23. The van der Waals surface area contributed by atoms with Gasteiger partial charge in [0.1, 0.15) is 0 Å². The van der Waals surface area contributed by atoms with Gasteiger partial charge in [0.15, 0.2) is 0 Å². The molecule has 0 unspecified atom stereocenters. The van der Waals surface area contributed by atoms with E-state index in [1.54, 1.807) is 0 Å². The second-order valence-electron chi connectivity index (χ2n) is 5.15. The molecule has 80 valence electrons. The average molecular weight is 215 g/mol. The van der Waals surface area contributed by atoms with Gasteiger partial charge in [0.25, 0.3) is 0 Å². The van der Waals surface area contributed by atoms with Crippen molar-refractivity contribution >= 4 is 11.6 Å². The number of ether oxygens (including phenoxy) is 1. The molecule has 14 heavy (non-hydrogen) atoms. The quantitative estimate of drug-likeness (QED) is 0.481. The molecule has 0 heterocycles. The smallest absolute Gasteiger partial charge is 0.0673 e. The summed E-state index contributed by atoms with van der Waals surface area (Å²) < 4.78 is 5.67. The lowest BCUT2D eigenvalue weighted by Gasteiger charge is -2.46. The molecule has 0 aromatic carbocycles. The third kappa shape index (κ3) is 1.42. The molecule has 0 amide bonds. The molecule has 1 fully saturated rings. The van der Waals surface area contributed by atoms with Crippen molar-refractivity contribution in [1.29, 1.82) is 0 Å². The standard InChI is InChI=1S/C12H19ClO/c1-12(2)8-4-6-9(11(12)14-3)10(13)7-5-8/h5,7-11H,4,6H2,1-3H3/t8-,9+,10+,11-/m0/s1. The van der Waals surface area contributed by atoms with Crippen LogP contribution in [0.15, 0.2) is 12.2 Å². The van der Waals surface area contributed by atoms with Crippen LogP contribution < -0.4 is 0 Å². The van der Waals surface area contributed by atoms with Gasteiger partial charge in [0.05, 0.1) is 11.5 Å². The number of allylic oxidation sites excluding steroid dienone is 2. The Bertz CT molecular complexity index is 247. The molecule has 1 saturated carbocycles. The van der Waals surface area contributed by atoms with Gasteiger partial charge >= 0.3 is 0 Å². The van der Waals surface area contributed by atoms with Crippen molar-refractivity contribution in [1.82, 2.24) is 0 Å². The minimum Gasteiger partial charge on any atom is -0.381 e. The largest absolute Gasteiger partial charge is 0.381 e. The molecule has 0 saturated heterocycles. The molecular weight excluding hydrogens is 196 g/mol. The molecule has 4 atom stereocenters. The van der Waals surface area contributed by atoms with Gasteiger partial charge in [-0.3, -0.25) is 0 Å². The highest BCUT2D eigenvalue weighted by Crippen LogP contribution is 2.49. The minimum absolute atomic E-state index is 0.159. The Labute approximate surface area is 91.5 Å². The van der Waals surface area contributed by atoms with Gasteiger partial charge < -0.3 is 4.74 Å². The molecule has 2 bridgehead atoms. The number of methoxy groups -OCH3 is 1. The first-order valence-corrected chi connectivity index (χ1v) is 5.86. The van der Waals surface area contributed by atoms with Gasteiger partial charge in [-0.1, -0.05) is 26.0 Å². The van der Waals surface area contributed by atoms with E-state index >= 15 is 0 Å². The average Bonchev–Trinajstić information content (AvgIpc) is 2.34. The summed E-state index contributed by atoms with van der Waals surface area (Å²) in [5.41, 5.74) is 0.234. The fraction of sp³-hybridized carbons (Fsp3) is 0.833. The number of hydrogen-bond donors (Lipinski definition) is 0. The molecule has 0 aliphatic heterocycles. The van der Waals surface area contributed by atoms with E-state index in [0.717, 1.165) is 0 Å². The van der Waals surface area contributed by atoms with Crippen LogP contribution in [-0.4, -0.2) is 18.6 Å². The van der Waals surface area contributed by atoms with E-state index in [1.165, 1.54) is 12.8 Å². The first kappa shape index (κ1) is 10.5. The van der Waals surface area contributed by atoms with Crippen LogP contribution in [0.3, 0.4) is 0 Å². The van der Waals surface area contributed by atoms with Gasteiger partial charge in [-0.2, -0.15) is 0 Å². The van der Waals surface area contributed by atoms with Crippen LogP contribution in [0.1, 0.15) is 26.7 Å². The Kier molecular flexibility index (Phi) is 2.65. The number of halogens is 1. The number of alkyl halides is 1. The van der Waals surface area contributed by atoms with E-state index in [0.29, 0.717) is 17.9 Å². The van der Waals surface area contributed by atoms with Crippen LogP contribution in [0.4, 0.5) is 0 Å². The molecule has 0 aromatic rings. The first-order chi connectivity index (χ1) is 6.57. The zero-order valence-electron chi connectivity index (χ0n) is 9.16. The summed E-state index contributed by atoms with van der Waals surface area (Å²) in [5.74, 6) is 1.12. The van der Waals surface area contributed by atoms with Crippen LogP contribution in [0.2, 0.25) is 0 Å². The van der Waals surface area contributed by atoms with Crippen LogP contribution in [0.25, 0.3) is 0 Å². The van der Waals surface area contributed by atoms with E-state index in [-0.39, 0.29) is 10.8 Å². The van der Waals surface area contributed by atoms with Gasteiger partial charge in [0, 0.05) is 13.0 Å². The van der Waals surface area contributed by atoms with E-state index in [4.69, 9.17) is 16.3 Å². The maximum absolute atomic E-state index is 6.35. The molecule has 0 aromatic heterocycles. The molecule has 0 spiro atoms. The lowest BCUT2D eigenvalue weighted by atomic mass is 9.64. The van der Waals surface area contributed by atoms with Crippen molar-refractivity contribution in [2.45, 2.75) is 38.2 Å². The topological polar surface area (TPSA) is 9.23 Å². The fourth-order valence-electron chi connectivity index (χ4n) is 3.19. The van der Waals surface area contributed by atoms with Crippen LogP contribution >= 0.6 is 11.6 Å². The zero-order valence-corrected chi connectivity index (χ0v) is 9.92.